The van der Waals surface area contributed by atoms with E-state index in [4.69, 9.17) is 24.3 Å². The van der Waals surface area contributed by atoms with Crippen molar-refractivity contribution < 1.29 is 37.6 Å². The van der Waals surface area contributed by atoms with Gasteiger partial charge in [-0.05, 0) is 51.4 Å². The molecule has 0 aliphatic carbocycles. The van der Waals surface area contributed by atoms with Crippen molar-refractivity contribution in [1.29, 1.82) is 0 Å². The van der Waals surface area contributed by atoms with Gasteiger partial charge in [-0.1, -0.05) is 242 Å². The fraction of sp³-hybridized carbons (Fsp3) is 0.818. The lowest BCUT2D eigenvalue weighted by Gasteiger charge is -2.19. The van der Waals surface area contributed by atoms with Gasteiger partial charge in [-0.25, -0.2) is 4.57 Å². The highest BCUT2D eigenvalue weighted by Gasteiger charge is 2.26. The number of allylic oxidation sites excluding steroid dienone is 8. The lowest BCUT2D eigenvalue weighted by Crippen LogP contribution is -2.29. The average Bonchev–Trinajstić information content (AvgIpc) is 3.30. The molecule has 0 aliphatic rings. The van der Waals surface area contributed by atoms with Crippen LogP contribution in [0.15, 0.2) is 48.6 Å². The average molecular weight is 936 g/mol. The molecule has 9 nitrogen and oxygen atoms in total. The van der Waals surface area contributed by atoms with Gasteiger partial charge in [0.15, 0.2) is 6.10 Å². The summed E-state index contributed by atoms with van der Waals surface area (Å²) in [6.07, 6.45) is 61.5. The van der Waals surface area contributed by atoms with Gasteiger partial charge in [0, 0.05) is 19.4 Å². The number of phosphoric ester groups is 1. The third-order valence-corrected chi connectivity index (χ3v) is 12.7. The minimum absolute atomic E-state index is 0.0528. The minimum atomic E-state index is -4.39. The number of carbonyl (C=O) groups excluding carboxylic acids is 2. The molecule has 0 fully saturated rings. The van der Waals surface area contributed by atoms with Crippen LogP contribution in [0.4, 0.5) is 0 Å². The molecule has 0 bridgehead atoms. The summed E-state index contributed by atoms with van der Waals surface area (Å²) in [7, 11) is -4.39. The van der Waals surface area contributed by atoms with Crippen LogP contribution in [-0.4, -0.2) is 49.3 Å². The Kier molecular flexibility index (Phi) is 49.8. The van der Waals surface area contributed by atoms with Crippen LogP contribution in [0.3, 0.4) is 0 Å². The van der Waals surface area contributed by atoms with Crippen LogP contribution >= 0.6 is 7.82 Å². The van der Waals surface area contributed by atoms with Crippen molar-refractivity contribution in [1.82, 2.24) is 0 Å². The number of ether oxygens (including phenoxy) is 2. The Hall–Kier alpha value is -2.03. The Labute approximate surface area is 400 Å². The molecule has 0 aromatic carbocycles. The first-order chi connectivity index (χ1) is 31.8. The number of esters is 2. The number of unbranched alkanes of at least 4 members (excludes halogenated alkanes) is 30. The highest BCUT2D eigenvalue weighted by Crippen LogP contribution is 2.43. The second-order valence-electron chi connectivity index (χ2n) is 18.1. The van der Waals surface area contributed by atoms with Crippen molar-refractivity contribution in [2.24, 2.45) is 5.73 Å². The molecule has 0 spiro atoms. The maximum Gasteiger partial charge on any atom is 0.472 e. The van der Waals surface area contributed by atoms with Gasteiger partial charge >= 0.3 is 19.8 Å². The largest absolute Gasteiger partial charge is 0.472 e. The summed E-state index contributed by atoms with van der Waals surface area (Å²) in [6, 6.07) is 0. The van der Waals surface area contributed by atoms with Crippen LogP contribution in [0.1, 0.15) is 258 Å². The van der Waals surface area contributed by atoms with E-state index in [1.165, 1.54) is 154 Å². The van der Waals surface area contributed by atoms with Crippen LogP contribution in [0.2, 0.25) is 0 Å². The standard InChI is InChI=1S/C55H102NO8P/c1-3-5-7-9-11-13-15-17-19-21-23-25-26-28-30-32-34-36-38-40-42-44-46-48-55(58)64-53(52-63-65(59,60)62-50-49-56)51-61-54(57)47-45-43-41-39-37-35-33-31-29-27-24-22-20-18-16-14-12-10-8-6-4-2/h5,7,11,13,17,19,23,25,53H,3-4,6,8-10,12,14-16,18,20-22,24,26-52,56H2,1-2H3,(H,59,60)/b7-5-,13-11-,19-17-,25-23-. The monoisotopic (exact) mass is 936 g/mol. The van der Waals surface area contributed by atoms with Gasteiger partial charge in [0.05, 0.1) is 13.2 Å². The Morgan fingerprint density at radius 3 is 1.26 bits per heavy atom. The van der Waals surface area contributed by atoms with Gasteiger partial charge in [-0.2, -0.15) is 0 Å². The van der Waals surface area contributed by atoms with Gasteiger partial charge in [-0.3, -0.25) is 18.6 Å². The molecule has 0 saturated carbocycles. The van der Waals surface area contributed by atoms with Gasteiger partial charge < -0.3 is 20.1 Å². The Morgan fingerprint density at radius 2 is 0.846 bits per heavy atom. The molecule has 2 atom stereocenters. The molecule has 65 heavy (non-hydrogen) atoms. The smallest absolute Gasteiger partial charge is 0.462 e. The van der Waals surface area contributed by atoms with Gasteiger partial charge in [0.25, 0.3) is 0 Å². The molecule has 10 heteroatoms. The number of hydrogen-bond acceptors (Lipinski definition) is 8. The van der Waals surface area contributed by atoms with E-state index < -0.39 is 26.5 Å². The number of carbonyl (C=O) groups is 2. The maximum absolute atomic E-state index is 12.7. The first-order valence-corrected chi connectivity index (χ1v) is 28.6. The zero-order valence-electron chi connectivity index (χ0n) is 42.2. The molecule has 3 N–H and O–H groups in total. The first kappa shape index (κ1) is 63.0. The molecule has 380 valence electrons. The molecule has 0 aliphatic heterocycles. The number of hydrogen-bond donors (Lipinski definition) is 2. The van der Waals surface area contributed by atoms with Crippen LogP contribution in [0, 0.1) is 0 Å². The summed E-state index contributed by atoms with van der Waals surface area (Å²) < 4.78 is 33.0. The van der Waals surface area contributed by atoms with Crippen LogP contribution in [0.5, 0.6) is 0 Å². The first-order valence-electron chi connectivity index (χ1n) is 27.1. The molecule has 0 radical (unpaired) electrons. The number of nitrogens with two attached hydrogens (primary N) is 1. The summed E-state index contributed by atoms with van der Waals surface area (Å²) in [5.74, 6) is -0.822. The fourth-order valence-electron chi connectivity index (χ4n) is 7.75. The van der Waals surface area contributed by atoms with E-state index in [0.717, 1.165) is 70.6 Å². The molecule has 0 rings (SSSR count). The summed E-state index contributed by atoms with van der Waals surface area (Å²) in [6.45, 7) is 3.66. The lowest BCUT2D eigenvalue weighted by molar-refractivity contribution is -0.161. The lowest BCUT2D eigenvalue weighted by atomic mass is 10.0. The molecule has 0 amide bonds. The summed E-state index contributed by atoms with van der Waals surface area (Å²) in [5.41, 5.74) is 5.37. The zero-order chi connectivity index (χ0) is 47.4. The molecule has 0 aromatic rings. The number of rotatable bonds is 51. The van der Waals surface area contributed by atoms with E-state index in [9.17, 15) is 19.0 Å². The number of phosphoric acid groups is 1. The normalized spacial score (nSPS) is 13.5. The molecule has 0 saturated heterocycles. The predicted molar refractivity (Wildman–Crippen MR) is 275 cm³/mol. The van der Waals surface area contributed by atoms with Crippen LogP contribution < -0.4 is 5.73 Å². The predicted octanol–water partition coefficient (Wildman–Crippen LogP) is 16.6. The topological polar surface area (TPSA) is 134 Å². The van der Waals surface area contributed by atoms with Crippen LogP contribution in [-0.2, 0) is 32.7 Å². The van der Waals surface area contributed by atoms with E-state index in [1.54, 1.807) is 0 Å². The summed E-state index contributed by atoms with van der Waals surface area (Å²) in [5, 5.41) is 0. The van der Waals surface area contributed by atoms with Crippen molar-refractivity contribution in [3.8, 4) is 0 Å². The van der Waals surface area contributed by atoms with E-state index in [1.807, 2.05) is 0 Å². The Bertz CT molecular complexity index is 1200. The van der Waals surface area contributed by atoms with Crippen LogP contribution in [0.25, 0.3) is 0 Å². The highest BCUT2D eigenvalue weighted by molar-refractivity contribution is 7.47. The third-order valence-electron chi connectivity index (χ3n) is 11.7. The quantitative estimate of drug-likeness (QED) is 0.0265. The minimum Gasteiger partial charge on any atom is -0.462 e. The van der Waals surface area contributed by atoms with E-state index in [0.29, 0.717) is 6.42 Å². The molecule has 0 heterocycles. The van der Waals surface area contributed by atoms with Crippen molar-refractivity contribution >= 4 is 19.8 Å². The Morgan fingerprint density at radius 1 is 0.477 bits per heavy atom. The molecule has 0 aromatic heterocycles. The van der Waals surface area contributed by atoms with Crippen molar-refractivity contribution in [2.45, 2.75) is 264 Å². The second-order valence-corrected chi connectivity index (χ2v) is 19.5. The Balaban J connectivity index is 4.00. The maximum atomic E-state index is 12.7. The van der Waals surface area contributed by atoms with Gasteiger partial charge in [-0.15, -0.1) is 0 Å². The van der Waals surface area contributed by atoms with Gasteiger partial charge in [0.1, 0.15) is 6.61 Å². The van der Waals surface area contributed by atoms with Crippen molar-refractivity contribution in [2.75, 3.05) is 26.4 Å². The summed E-state index contributed by atoms with van der Waals surface area (Å²) >= 11 is 0. The van der Waals surface area contributed by atoms with E-state index >= 15 is 0 Å². The second kappa shape index (κ2) is 51.4. The molecule has 2 unspecified atom stereocenters. The summed E-state index contributed by atoms with van der Waals surface area (Å²) in [4.78, 5) is 35.1. The van der Waals surface area contributed by atoms with Crippen molar-refractivity contribution in [3.63, 3.8) is 0 Å². The highest BCUT2D eigenvalue weighted by atomic mass is 31.2. The SMILES string of the molecule is CC/C=C\C/C=C\C/C=C\C/C=C\CCCCCCCCCCCCC(=O)OC(COC(=O)CCCCCCCCCCCCCCCCCCCCCCC)COP(=O)(O)OCCN. The molecular weight excluding hydrogens is 834 g/mol. The third kappa shape index (κ3) is 51.2. The van der Waals surface area contributed by atoms with Crippen molar-refractivity contribution in [3.05, 3.63) is 48.6 Å². The van der Waals surface area contributed by atoms with E-state index in [-0.39, 0.29) is 38.6 Å². The fourth-order valence-corrected chi connectivity index (χ4v) is 8.51. The zero-order valence-corrected chi connectivity index (χ0v) is 43.1. The molecular formula is C55H102NO8P. The van der Waals surface area contributed by atoms with E-state index in [2.05, 4.69) is 62.5 Å². The van der Waals surface area contributed by atoms with Gasteiger partial charge in [0.2, 0.25) is 0 Å².